The summed E-state index contributed by atoms with van der Waals surface area (Å²) in [4.78, 5) is 28.3. The average Bonchev–Trinajstić information content (AvgIpc) is 3.26. The first-order chi connectivity index (χ1) is 16.9. The van der Waals surface area contributed by atoms with Gasteiger partial charge in [0, 0.05) is 18.2 Å². The molecule has 3 rings (SSSR count). The predicted octanol–water partition coefficient (Wildman–Crippen LogP) is 2.95. The SMILES string of the molecule is CC[C@H](C(=O)NC(C)(C)C)N(CCc1ccccc1)C(=O)CN(c1ccc2c(c1)OCO2)S(C)(=O)=O. The summed E-state index contributed by atoms with van der Waals surface area (Å²) in [5.74, 6) is 0.170. The molecular weight excluding hydrogens is 482 g/mol. The molecule has 1 aliphatic rings. The van der Waals surface area contributed by atoms with E-state index in [-0.39, 0.29) is 24.9 Å². The maximum atomic E-state index is 13.7. The molecule has 36 heavy (non-hydrogen) atoms. The maximum absolute atomic E-state index is 13.7. The third-order valence-corrected chi connectivity index (χ3v) is 6.83. The number of ether oxygens (including phenoxy) is 2. The molecule has 9 nitrogen and oxygen atoms in total. The van der Waals surface area contributed by atoms with Crippen molar-refractivity contribution in [2.45, 2.75) is 52.1 Å². The minimum Gasteiger partial charge on any atom is -0.454 e. The Bertz CT molecular complexity index is 1180. The van der Waals surface area contributed by atoms with Gasteiger partial charge in [0.05, 0.1) is 11.9 Å². The Morgan fingerprint density at radius 3 is 2.33 bits per heavy atom. The van der Waals surface area contributed by atoms with Gasteiger partial charge in [0.25, 0.3) is 0 Å². The quantitative estimate of drug-likeness (QED) is 0.520. The van der Waals surface area contributed by atoms with Gasteiger partial charge in [0.2, 0.25) is 28.6 Å². The number of benzene rings is 2. The lowest BCUT2D eigenvalue weighted by atomic mass is 10.1. The molecule has 0 fully saturated rings. The van der Waals surface area contributed by atoms with Gasteiger partial charge in [-0.1, -0.05) is 37.3 Å². The first-order valence-corrected chi connectivity index (χ1v) is 13.8. The lowest BCUT2D eigenvalue weighted by molar-refractivity contribution is -0.140. The van der Waals surface area contributed by atoms with Crippen LogP contribution in [0.2, 0.25) is 0 Å². The van der Waals surface area contributed by atoms with Crippen LogP contribution in [0.25, 0.3) is 0 Å². The number of fused-ring (bicyclic) bond motifs is 1. The Hall–Kier alpha value is -3.27. The molecule has 0 unspecified atom stereocenters. The number of carbonyl (C=O) groups excluding carboxylic acids is 2. The number of carbonyl (C=O) groups is 2. The van der Waals surface area contributed by atoms with Gasteiger partial charge < -0.3 is 19.7 Å². The van der Waals surface area contributed by atoms with E-state index in [2.05, 4.69) is 5.32 Å². The number of sulfonamides is 1. The van der Waals surface area contributed by atoms with Crippen LogP contribution in [0.5, 0.6) is 11.5 Å². The van der Waals surface area contributed by atoms with Crippen molar-refractivity contribution in [3.05, 3.63) is 54.1 Å². The highest BCUT2D eigenvalue weighted by molar-refractivity contribution is 7.92. The standard InChI is InChI=1S/C26H35N3O6S/c1-6-21(25(31)27-26(2,3)4)28(15-14-19-10-8-7-9-11-19)24(30)17-29(36(5,32)33)20-12-13-22-23(16-20)35-18-34-22/h7-13,16,21H,6,14-15,17-18H2,1-5H3,(H,27,31)/t21-/m1/s1. The Kier molecular flexibility index (Phi) is 8.50. The van der Waals surface area contributed by atoms with E-state index >= 15 is 0 Å². The molecule has 2 aromatic carbocycles. The van der Waals surface area contributed by atoms with Crippen LogP contribution in [0.15, 0.2) is 48.5 Å². The summed E-state index contributed by atoms with van der Waals surface area (Å²) in [5, 5.41) is 2.95. The molecule has 1 aliphatic heterocycles. The molecular formula is C26H35N3O6S. The second-order valence-electron chi connectivity index (χ2n) is 9.79. The predicted molar refractivity (Wildman–Crippen MR) is 139 cm³/mol. The lowest BCUT2D eigenvalue weighted by Gasteiger charge is -2.34. The van der Waals surface area contributed by atoms with Gasteiger partial charge >= 0.3 is 0 Å². The zero-order valence-corrected chi connectivity index (χ0v) is 22.3. The average molecular weight is 518 g/mol. The fraction of sp³-hybridized carbons (Fsp3) is 0.462. The van der Waals surface area contributed by atoms with E-state index in [1.165, 1.54) is 11.0 Å². The monoisotopic (exact) mass is 517 g/mol. The molecule has 0 bridgehead atoms. The van der Waals surface area contributed by atoms with E-state index < -0.39 is 34.1 Å². The number of nitrogens with one attached hydrogen (secondary N) is 1. The topological polar surface area (TPSA) is 105 Å². The molecule has 1 atom stereocenters. The second-order valence-corrected chi connectivity index (χ2v) is 11.7. The Morgan fingerprint density at radius 2 is 1.72 bits per heavy atom. The molecule has 0 spiro atoms. The molecule has 2 amide bonds. The van der Waals surface area contributed by atoms with Crippen LogP contribution < -0.4 is 19.1 Å². The Morgan fingerprint density at radius 1 is 1.06 bits per heavy atom. The molecule has 10 heteroatoms. The molecule has 196 valence electrons. The number of rotatable bonds is 10. The number of nitrogens with zero attached hydrogens (tertiary/aromatic N) is 2. The van der Waals surface area contributed by atoms with Crippen LogP contribution in [0, 0.1) is 0 Å². The molecule has 2 aromatic rings. The highest BCUT2D eigenvalue weighted by atomic mass is 32.2. The Labute approximate surface area is 213 Å². The van der Waals surface area contributed by atoms with Gasteiger partial charge in [0.15, 0.2) is 11.5 Å². The first-order valence-electron chi connectivity index (χ1n) is 11.9. The summed E-state index contributed by atoms with van der Waals surface area (Å²) in [7, 11) is -3.82. The van der Waals surface area contributed by atoms with Crippen molar-refractivity contribution in [2.75, 3.05) is 30.4 Å². The van der Waals surface area contributed by atoms with Gasteiger partial charge in [-0.25, -0.2) is 8.42 Å². The number of amides is 2. The van der Waals surface area contributed by atoms with Gasteiger partial charge in [-0.3, -0.25) is 13.9 Å². The zero-order valence-electron chi connectivity index (χ0n) is 21.5. The largest absolute Gasteiger partial charge is 0.454 e. The van der Waals surface area contributed by atoms with E-state index in [0.717, 1.165) is 16.1 Å². The van der Waals surface area contributed by atoms with Crippen molar-refractivity contribution >= 4 is 27.5 Å². The van der Waals surface area contributed by atoms with Crippen molar-refractivity contribution in [1.82, 2.24) is 10.2 Å². The lowest BCUT2D eigenvalue weighted by Crippen LogP contribution is -2.56. The molecule has 1 N–H and O–H groups in total. The Balaban J connectivity index is 1.90. The van der Waals surface area contributed by atoms with Crippen molar-refractivity contribution in [1.29, 1.82) is 0 Å². The van der Waals surface area contributed by atoms with Crippen molar-refractivity contribution in [2.24, 2.45) is 0 Å². The number of hydrogen-bond acceptors (Lipinski definition) is 6. The molecule has 0 saturated heterocycles. The smallest absolute Gasteiger partial charge is 0.244 e. The van der Waals surface area contributed by atoms with Crippen molar-refractivity contribution in [3.8, 4) is 11.5 Å². The van der Waals surface area contributed by atoms with Crippen LogP contribution in [0.3, 0.4) is 0 Å². The molecule has 1 heterocycles. The highest BCUT2D eigenvalue weighted by Gasteiger charge is 2.33. The summed E-state index contributed by atoms with van der Waals surface area (Å²) < 4.78 is 37.2. The van der Waals surface area contributed by atoms with Gasteiger partial charge in [-0.05, 0) is 51.3 Å². The van der Waals surface area contributed by atoms with Crippen LogP contribution in [-0.4, -0.2) is 62.9 Å². The van der Waals surface area contributed by atoms with Crippen molar-refractivity contribution in [3.63, 3.8) is 0 Å². The number of hydrogen-bond donors (Lipinski definition) is 1. The maximum Gasteiger partial charge on any atom is 0.244 e. The summed E-state index contributed by atoms with van der Waals surface area (Å²) in [5.41, 5.74) is 0.812. The summed E-state index contributed by atoms with van der Waals surface area (Å²) in [6.45, 7) is 7.31. The number of anilines is 1. The zero-order chi connectivity index (χ0) is 26.5. The van der Waals surface area contributed by atoms with Crippen LogP contribution in [-0.2, 0) is 26.0 Å². The van der Waals surface area contributed by atoms with Gasteiger partial charge in [0.1, 0.15) is 12.6 Å². The second kappa shape index (κ2) is 11.2. The van der Waals surface area contributed by atoms with Crippen LogP contribution >= 0.6 is 0 Å². The first kappa shape index (κ1) is 27.3. The van der Waals surface area contributed by atoms with E-state index in [4.69, 9.17) is 9.47 Å². The minimum atomic E-state index is -3.82. The molecule has 0 aliphatic carbocycles. The van der Waals surface area contributed by atoms with Crippen LogP contribution in [0.4, 0.5) is 5.69 Å². The minimum absolute atomic E-state index is 0.0466. The summed E-state index contributed by atoms with van der Waals surface area (Å²) in [6, 6.07) is 13.6. The summed E-state index contributed by atoms with van der Waals surface area (Å²) >= 11 is 0. The fourth-order valence-electron chi connectivity index (χ4n) is 4.00. The fourth-order valence-corrected chi connectivity index (χ4v) is 4.84. The van der Waals surface area contributed by atoms with E-state index in [1.807, 2.05) is 58.0 Å². The van der Waals surface area contributed by atoms with E-state index in [9.17, 15) is 18.0 Å². The third-order valence-electron chi connectivity index (χ3n) is 5.69. The molecule has 0 radical (unpaired) electrons. The van der Waals surface area contributed by atoms with E-state index in [1.54, 1.807) is 12.1 Å². The molecule has 0 saturated carbocycles. The highest BCUT2D eigenvalue weighted by Crippen LogP contribution is 2.36. The van der Waals surface area contributed by atoms with Gasteiger partial charge in [-0.15, -0.1) is 0 Å². The van der Waals surface area contributed by atoms with E-state index in [0.29, 0.717) is 24.3 Å². The van der Waals surface area contributed by atoms with Crippen LogP contribution in [0.1, 0.15) is 39.7 Å². The normalized spacial score (nSPS) is 13.7. The molecule has 0 aromatic heterocycles. The van der Waals surface area contributed by atoms with Gasteiger partial charge in [-0.2, -0.15) is 0 Å². The van der Waals surface area contributed by atoms with Crippen molar-refractivity contribution < 1.29 is 27.5 Å². The summed E-state index contributed by atoms with van der Waals surface area (Å²) in [6.07, 6.45) is 1.95. The third kappa shape index (κ3) is 7.13.